The molecule has 0 amide bonds. The van der Waals surface area contributed by atoms with Gasteiger partial charge in [-0.2, -0.15) is 0 Å². The first-order chi connectivity index (χ1) is 7.52. The van der Waals surface area contributed by atoms with Gasteiger partial charge in [-0.1, -0.05) is 32.9 Å². The Bertz CT molecular complexity index is 256. The van der Waals surface area contributed by atoms with Crippen molar-refractivity contribution in [2.24, 2.45) is 11.8 Å². The average molecular weight is 228 g/mol. The molecule has 0 aromatic heterocycles. The SMILES string of the molecule is C/C=C/C(C(=O)OOC(=O)CCC)C(C)C. The van der Waals surface area contributed by atoms with Crippen molar-refractivity contribution < 1.29 is 19.4 Å². The van der Waals surface area contributed by atoms with Gasteiger partial charge in [0, 0.05) is 6.42 Å². The molecule has 0 aliphatic heterocycles. The molecule has 0 radical (unpaired) electrons. The Labute approximate surface area is 96.5 Å². The second kappa shape index (κ2) is 7.91. The monoisotopic (exact) mass is 228 g/mol. The maximum absolute atomic E-state index is 11.5. The van der Waals surface area contributed by atoms with Crippen LogP contribution in [0.5, 0.6) is 0 Å². The molecule has 0 aromatic carbocycles. The molecule has 0 N–H and O–H groups in total. The highest BCUT2D eigenvalue weighted by Crippen LogP contribution is 2.14. The van der Waals surface area contributed by atoms with Gasteiger partial charge in [0.25, 0.3) is 0 Å². The lowest BCUT2D eigenvalue weighted by Gasteiger charge is -2.13. The van der Waals surface area contributed by atoms with E-state index in [4.69, 9.17) is 0 Å². The third-order valence-corrected chi connectivity index (χ3v) is 2.06. The van der Waals surface area contributed by atoms with Gasteiger partial charge in [0.1, 0.15) is 0 Å². The minimum absolute atomic E-state index is 0.105. The van der Waals surface area contributed by atoms with Crippen LogP contribution in [0.15, 0.2) is 12.2 Å². The second-order valence-electron chi connectivity index (χ2n) is 3.90. The van der Waals surface area contributed by atoms with Crippen LogP contribution in [0.3, 0.4) is 0 Å². The van der Waals surface area contributed by atoms with Crippen molar-refractivity contribution in [1.82, 2.24) is 0 Å². The summed E-state index contributed by atoms with van der Waals surface area (Å²) in [6.45, 7) is 7.48. The fourth-order valence-corrected chi connectivity index (χ4v) is 1.17. The van der Waals surface area contributed by atoms with E-state index in [1.165, 1.54) is 0 Å². The Morgan fingerprint density at radius 3 is 2.31 bits per heavy atom. The minimum Gasteiger partial charge on any atom is -0.247 e. The van der Waals surface area contributed by atoms with E-state index in [0.29, 0.717) is 6.42 Å². The van der Waals surface area contributed by atoms with Gasteiger partial charge in [-0.05, 0) is 19.3 Å². The molecular weight excluding hydrogens is 208 g/mol. The van der Waals surface area contributed by atoms with Gasteiger partial charge in [-0.3, -0.25) is 0 Å². The summed E-state index contributed by atoms with van der Waals surface area (Å²) in [4.78, 5) is 31.4. The standard InChI is InChI=1S/C12H20O4/c1-5-7-10(9(3)4)12(14)16-15-11(13)8-6-2/h5,7,9-10H,6,8H2,1-4H3/b7-5+. The van der Waals surface area contributed by atoms with E-state index in [9.17, 15) is 9.59 Å². The molecule has 4 heteroatoms. The number of carbonyl (C=O) groups excluding carboxylic acids is 2. The highest BCUT2D eigenvalue weighted by molar-refractivity contribution is 5.76. The van der Waals surface area contributed by atoms with Crippen molar-refractivity contribution >= 4 is 11.9 Å². The van der Waals surface area contributed by atoms with Crippen molar-refractivity contribution in [2.75, 3.05) is 0 Å². The smallest absolute Gasteiger partial charge is 0.247 e. The lowest BCUT2D eigenvalue weighted by atomic mass is 9.96. The zero-order chi connectivity index (χ0) is 12.6. The third kappa shape index (κ3) is 5.53. The van der Waals surface area contributed by atoms with E-state index in [0.717, 1.165) is 0 Å². The van der Waals surface area contributed by atoms with Crippen molar-refractivity contribution in [3.8, 4) is 0 Å². The van der Waals surface area contributed by atoms with Gasteiger partial charge >= 0.3 is 11.9 Å². The zero-order valence-corrected chi connectivity index (χ0v) is 10.4. The first kappa shape index (κ1) is 14.7. The van der Waals surface area contributed by atoms with Crippen molar-refractivity contribution in [3.63, 3.8) is 0 Å². The minimum atomic E-state index is -0.530. The summed E-state index contributed by atoms with van der Waals surface area (Å²) >= 11 is 0. The second-order valence-corrected chi connectivity index (χ2v) is 3.90. The summed E-state index contributed by atoms with van der Waals surface area (Å²) in [6, 6.07) is 0. The predicted octanol–water partition coefficient (Wildman–Crippen LogP) is 2.64. The lowest BCUT2D eigenvalue weighted by molar-refractivity contribution is -0.262. The van der Waals surface area contributed by atoms with E-state index in [1.807, 2.05) is 27.7 Å². The summed E-state index contributed by atoms with van der Waals surface area (Å²) in [7, 11) is 0. The van der Waals surface area contributed by atoms with Gasteiger partial charge in [-0.25, -0.2) is 19.4 Å². The quantitative estimate of drug-likeness (QED) is 0.412. The Morgan fingerprint density at radius 1 is 1.25 bits per heavy atom. The fourth-order valence-electron chi connectivity index (χ4n) is 1.17. The lowest BCUT2D eigenvalue weighted by Crippen LogP contribution is -2.22. The van der Waals surface area contributed by atoms with E-state index >= 15 is 0 Å². The Balaban J connectivity index is 4.16. The first-order valence-electron chi connectivity index (χ1n) is 5.56. The van der Waals surface area contributed by atoms with Crippen LogP contribution in [0.4, 0.5) is 0 Å². The van der Waals surface area contributed by atoms with Crippen molar-refractivity contribution in [2.45, 2.75) is 40.5 Å². The molecule has 0 saturated carbocycles. The van der Waals surface area contributed by atoms with E-state index in [1.54, 1.807) is 12.2 Å². The molecular formula is C12H20O4. The molecule has 1 atom stereocenters. The molecule has 0 saturated heterocycles. The van der Waals surface area contributed by atoms with Crippen LogP contribution in [0, 0.1) is 11.8 Å². The molecule has 0 heterocycles. The average Bonchev–Trinajstić information content (AvgIpc) is 2.22. The molecule has 1 unspecified atom stereocenters. The van der Waals surface area contributed by atoms with Gasteiger partial charge in [0.2, 0.25) is 0 Å². The molecule has 0 fully saturated rings. The van der Waals surface area contributed by atoms with Crippen LogP contribution in [0.2, 0.25) is 0 Å². The number of rotatable bonds is 5. The highest BCUT2D eigenvalue weighted by atomic mass is 17.2. The summed E-state index contributed by atoms with van der Waals surface area (Å²) in [6.07, 6.45) is 4.43. The number of hydrogen-bond acceptors (Lipinski definition) is 4. The number of carbonyl (C=O) groups is 2. The van der Waals surface area contributed by atoms with Gasteiger partial charge < -0.3 is 0 Å². The summed E-state index contributed by atoms with van der Waals surface area (Å²) in [5.74, 6) is -1.32. The summed E-state index contributed by atoms with van der Waals surface area (Å²) in [5, 5.41) is 0. The largest absolute Gasteiger partial charge is 0.362 e. The molecule has 0 bridgehead atoms. The number of allylic oxidation sites excluding steroid dienone is 1. The van der Waals surface area contributed by atoms with Crippen LogP contribution in [0.1, 0.15) is 40.5 Å². The van der Waals surface area contributed by atoms with E-state index < -0.39 is 11.9 Å². The molecule has 0 spiro atoms. The molecule has 16 heavy (non-hydrogen) atoms. The van der Waals surface area contributed by atoms with Crippen LogP contribution in [-0.4, -0.2) is 11.9 Å². The third-order valence-electron chi connectivity index (χ3n) is 2.06. The van der Waals surface area contributed by atoms with Gasteiger partial charge in [0.05, 0.1) is 5.92 Å². The Kier molecular flexibility index (Phi) is 7.25. The highest BCUT2D eigenvalue weighted by Gasteiger charge is 2.22. The molecule has 0 aliphatic rings. The topological polar surface area (TPSA) is 52.6 Å². The summed E-state index contributed by atoms with van der Waals surface area (Å²) in [5.41, 5.74) is 0. The van der Waals surface area contributed by atoms with Gasteiger partial charge in [0.15, 0.2) is 0 Å². The molecule has 4 nitrogen and oxygen atoms in total. The Morgan fingerprint density at radius 2 is 1.88 bits per heavy atom. The summed E-state index contributed by atoms with van der Waals surface area (Å²) < 4.78 is 0. The van der Waals surface area contributed by atoms with Crippen LogP contribution >= 0.6 is 0 Å². The molecule has 0 aromatic rings. The van der Waals surface area contributed by atoms with Crippen LogP contribution < -0.4 is 0 Å². The molecule has 0 rings (SSSR count). The van der Waals surface area contributed by atoms with Crippen LogP contribution in [0.25, 0.3) is 0 Å². The normalized spacial score (nSPS) is 12.8. The Hall–Kier alpha value is -1.32. The van der Waals surface area contributed by atoms with Crippen molar-refractivity contribution in [3.05, 3.63) is 12.2 Å². The number of hydrogen-bond donors (Lipinski definition) is 0. The van der Waals surface area contributed by atoms with Crippen LogP contribution in [-0.2, 0) is 19.4 Å². The fraction of sp³-hybridized carbons (Fsp3) is 0.667. The van der Waals surface area contributed by atoms with Crippen molar-refractivity contribution in [1.29, 1.82) is 0 Å². The predicted molar refractivity (Wildman–Crippen MR) is 60.2 cm³/mol. The molecule has 0 aliphatic carbocycles. The maximum atomic E-state index is 11.5. The maximum Gasteiger partial charge on any atom is 0.362 e. The van der Waals surface area contributed by atoms with Gasteiger partial charge in [-0.15, -0.1) is 0 Å². The first-order valence-corrected chi connectivity index (χ1v) is 5.56. The van der Waals surface area contributed by atoms with E-state index in [2.05, 4.69) is 9.78 Å². The van der Waals surface area contributed by atoms with E-state index in [-0.39, 0.29) is 18.3 Å². The molecule has 92 valence electrons. The zero-order valence-electron chi connectivity index (χ0n) is 10.4.